The average molecular weight is 570 g/mol. The van der Waals surface area contributed by atoms with Crippen LogP contribution in [0.1, 0.15) is 36.5 Å². The van der Waals surface area contributed by atoms with Crippen molar-refractivity contribution in [2.45, 2.75) is 45.8 Å². The number of guanidine groups is 1. The lowest BCUT2D eigenvalue weighted by atomic mass is 10.1. The maximum Gasteiger partial charge on any atom is 0.191 e. The molecule has 2 aromatic rings. The number of ether oxygens (including phenoxy) is 1. The highest BCUT2D eigenvalue weighted by atomic mass is 127. The van der Waals surface area contributed by atoms with Crippen molar-refractivity contribution in [3.8, 4) is 5.75 Å². The smallest absolute Gasteiger partial charge is 0.191 e. The number of nitrogens with one attached hydrogen (secondary N) is 2. The Bertz CT molecular complexity index is 917. The lowest BCUT2D eigenvalue weighted by Crippen LogP contribution is -2.38. The van der Waals surface area contributed by atoms with Gasteiger partial charge in [0.25, 0.3) is 0 Å². The Hall–Kier alpha value is -2.07. The number of aryl methyl sites for hydroxylation is 1. The molecule has 1 fully saturated rings. The third-order valence-corrected chi connectivity index (χ3v) is 5.70. The quantitative estimate of drug-likeness (QED) is 0.254. The zero-order valence-electron chi connectivity index (χ0n) is 19.7. The van der Waals surface area contributed by atoms with Gasteiger partial charge >= 0.3 is 0 Å². The molecule has 8 heteroatoms. The Kier molecular flexibility index (Phi) is 11.2. The monoisotopic (exact) mass is 570 g/mol. The van der Waals surface area contributed by atoms with E-state index in [1.54, 1.807) is 13.2 Å². The second-order valence-corrected chi connectivity index (χ2v) is 8.19. The average Bonchev–Trinajstić information content (AvgIpc) is 2.78. The number of hydrogen-bond donors (Lipinski definition) is 3. The van der Waals surface area contributed by atoms with E-state index in [1.807, 2.05) is 36.1 Å². The Balaban J connectivity index is 0.00000385. The van der Waals surface area contributed by atoms with E-state index in [0.29, 0.717) is 50.7 Å². The largest absolute Gasteiger partial charge is 0.496 e. The van der Waals surface area contributed by atoms with Crippen LogP contribution in [0.3, 0.4) is 0 Å². The van der Waals surface area contributed by atoms with Gasteiger partial charge in [-0.3, -0.25) is 0 Å². The van der Waals surface area contributed by atoms with Crippen molar-refractivity contribution in [3.05, 3.63) is 58.9 Å². The molecule has 1 aliphatic rings. The van der Waals surface area contributed by atoms with E-state index in [2.05, 4.69) is 28.6 Å². The molecule has 0 aromatic heterocycles. The van der Waals surface area contributed by atoms with Gasteiger partial charge in [-0.15, -0.1) is 24.0 Å². The van der Waals surface area contributed by atoms with Gasteiger partial charge in [0, 0.05) is 26.2 Å². The molecule has 3 N–H and O–H groups in total. The molecule has 1 heterocycles. The van der Waals surface area contributed by atoms with E-state index in [4.69, 9.17) is 4.74 Å². The first kappa shape index (κ1) is 27.2. The molecule has 0 bridgehead atoms. The number of halogens is 2. The fourth-order valence-electron chi connectivity index (χ4n) is 3.94. The topological polar surface area (TPSA) is 69.1 Å². The second kappa shape index (κ2) is 13.6. The third kappa shape index (κ3) is 8.03. The zero-order chi connectivity index (χ0) is 22.9. The van der Waals surface area contributed by atoms with E-state index in [1.165, 1.54) is 5.56 Å². The predicted octanol–water partition coefficient (Wildman–Crippen LogP) is 4.02. The summed E-state index contributed by atoms with van der Waals surface area (Å²) in [5, 5.41) is 16.3. The van der Waals surface area contributed by atoms with Crippen LogP contribution >= 0.6 is 24.0 Å². The van der Waals surface area contributed by atoms with Crippen LogP contribution in [0.5, 0.6) is 5.75 Å². The molecule has 0 aliphatic carbocycles. The second-order valence-electron chi connectivity index (χ2n) is 8.19. The van der Waals surface area contributed by atoms with Crippen LogP contribution in [-0.2, 0) is 13.0 Å². The first-order valence-electron chi connectivity index (χ1n) is 11.4. The first-order valence-corrected chi connectivity index (χ1v) is 11.4. The number of anilines is 1. The first-order chi connectivity index (χ1) is 15.5. The summed E-state index contributed by atoms with van der Waals surface area (Å²) in [5.41, 5.74) is 3.77. The fourth-order valence-corrected chi connectivity index (χ4v) is 3.94. The lowest BCUT2D eigenvalue weighted by Gasteiger charge is -2.31. The van der Waals surface area contributed by atoms with Crippen molar-refractivity contribution in [2.75, 3.05) is 38.2 Å². The highest BCUT2D eigenvalue weighted by Gasteiger charge is 2.19. The molecule has 0 atom stereocenters. The summed E-state index contributed by atoms with van der Waals surface area (Å²) in [7, 11) is 1.69. The molecule has 1 saturated heterocycles. The number of aliphatic hydroxyl groups is 1. The molecule has 0 spiro atoms. The SMILES string of the molecule is CCNC(=NCc1ccc(N2CCC(O)CC2)c(F)c1)NCCc1cc(C)ccc1OC.I. The lowest BCUT2D eigenvalue weighted by molar-refractivity contribution is 0.145. The van der Waals surface area contributed by atoms with E-state index in [0.717, 1.165) is 29.8 Å². The number of methoxy groups -OCH3 is 1. The van der Waals surface area contributed by atoms with Crippen molar-refractivity contribution >= 4 is 35.6 Å². The van der Waals surface area contributed by atoms with Gasteiger partial charge in [0.15, 0.2) is 5.96 Å². The van der Waals surface area contributed by atoms with Crippen LogP contribution in [0.2, 0.25) is 0 Å². The summed E-state index contributed by atoms with van der Waals surface area (Å²) in [4.78, 5) is 6.62. The number of aliphatic hydroxyl groups excluding tert-OH is 1. The Morgan fingerprint density at radius 2 is 1.94 bits per heavy atom. The minimum atomic E-state index is -0.271. The van der Waals surface area contributed by atoms with Crippen LogP contribution in [0.15, 0.2) is 41.4 Å². The summed E-state index contributed by atoms with van der Waals surface area (Å²) in [6.45, 7) is 7.28. The molecular weight excluding hydrogens is 534 g/mol. The van der Waals surface area contributed by atoms with Crippen molar-refractivity contribution < 1.29 is 14.2 Å². The van der Waals surface area contributed by atoms with Gasteiger partial charge in [-0.1, -0.05) is 23.8 Å². The Morgan fingerprint density at radius 1 is 1.18 bits per heavy atom. The van der Waals surface area contributed by atoms with Crippen molar-refractivity contribution in [2.24, 2.45) is 4.99 Å². The molecule has 33 heavy (non-hydrogen) atoms. The molecule has 0 amide bonds. The Labute approximate surface area is 213 Å². The van der Waals surface area contributed by atoms with Crippen LogP contribution in [0, 0.1) is 12.7 Å². The number of aliphatic imine (C=N–C) groups is 1. The molecule has 182 valence electrons. The maximum absolute atomic E-state index is 14.7. The standard InChI is InChI=1S/C25H35FN4O2.HI/c1-4-27-25(28-12-9-20-15-18(2)5-8-24(20)32-3)29-17-19-6-7-23(22(26)16-19)30-13-10-21(31)11-14-30;/h5-8,15-16,21,31H,4,9-14,17H2,1-3H3,(H2,27,28,29);1H. The molecular formula is C25H36FIN4O2. The number of benzene rings is 2. The molecule has 6 nitrogen and oxygen atoms in total. The van der Waals surface area contributed by atoms with Crippen molar-refractivity contribution in [3.63, 3.8) is 0 Å². The Morgan fingerprint density at radius 3 is 2.61 bits per heavy atom. The van der Waals surface area contributed by atoms with E-state index >= 15 is 0 Å². The highest BCUT2D eigenvalue weighted by molar-refractivity contribution is 14.0. The van der Waals surface area contributed by atoms with Crippen molar-refractivity contribution in [1.82, 2.24) is 10.6 Å². The number of rotatable bonds is 8. The zero-order valence-corrected chi connectivity index (χ0v) is 22.1. The van der Waals surface area contributed by atoms with E-state index < -0.39 is 0 Å². The van der Waals surface area contributed by atoms with Crippen LogP contribution < -0.4 is 20.3 Å². The fraction of sp³-hybridized carbons (Fsp3) is 0.480. The van der Waals surface area contributed by atoms with Crippen LogP contribution in [0.4, 0.5) is 10.1 Å². The number of piperidine rings is 1. The van der Waals surface area contributed by atoms with Crippen molar-refractivity contribution in [1.29, 1.82) is 0 Å². The van der Waals surface area contributed by atoms with Gasteiger partial charge in [-0.2, -0.15) is 0 Å². The van der Waals surface area contributed by atoms with E-state index in [9.17, 15) is 9.50 Å². The normalized spacial score (nSPS) is 14.6. The number of nitrogens with zero attached hydrogens (tertiary/aromatic N) is 2. The molecule has 1 aliphatic heterocycles. The summed E-state index contributed by atoms with van der Waals surface area (Å²) in [6, 6.07) is 11.5. The minimum Gasteiger partial charge on any atom is -0.496 e. The molecule has 3 rings (SSSR count). The van der Waals surface area contributed by atoms with Crippen LogP contribution in [0.25, 0.3) is 0 Å². The minimum absolute atomic E-state index is 0. The molecule has 2 aromatic carbocycles. The molecule has 0 unspecified atom stereocenters. The van der Waals surface area contributed by atoms with Gasteiger partial charge < -0.3 is 25.4 Å². The van der Waals surface area contributed by atoms with E-state index in [-0.39, 0.29) is 35.9 Å². The maximum atomic E-state index is 14.7. The number of hydrogen-bond acceptors (Lipinski definition) is 4. The van der Waals surface area contributed by atoms with Gasteiger partial charge in [0.05, 0.1) is 25.4 Å². The summed E-state index contributed by atoms with van der Waals surface area (Å²) >= 11 is 0. The van der Waals surface area contributed by atoms with Gasteiger partial charge in [0.1, 0.15) is 11.6 Å². The molecule has 0 radical (unpaired) electrons. The summed E-state index contributed by atoms with van der Waals surface area (Å²) < 4.78 is 20.2. The van der Waals surface area contributed by atoms with Crippen LogP contribution in [-0.4, -0.2) is 50.5 Å². The third-order valence-electron chi connectivity index (χ3n) is 5.70. The highest BCUT2D eigenvalue weighted by Crippen LogP contribution is 2.24. The summed E-state index contributed by atoms with van der Waals surface area (Å²) in [6.07, 6.45) is 1.89. The van der Waals surface area contributed by atoms with Gasteiger partial charge in [-0.05, 0) is 62.4 Å². The molecule has 0 saturated carbocycles. The van der Waals surface area contributed by atoms with Gasteiger partial charge in [0.2, 0.25) is 0 Å². The summed E-state index contributed by atoms with van der Waals surface area (Å²) in [5.74, 6) is 1.35. The predicted molar refractivity (Wildman–Crippen MR) is 144 cm³/mol. The van der Waals surface area contributed by atoms with Gasteiger partial charge in [-0.25, -0.2) is 9.38 Å².